The number of aliphatic hydroxyl groups is 1. The molecule has 102 valence electrons. The van der Waals surface area contributed by atoms with Crippen LogP contribution >= 0.6 is 11.8 Å². The van der Waals surface area contributed by atoms with E-state index in [0.717, 1.165) is 11.5 Å². The largest absolute Gasteiger partial charge is 0.480 e. The quantitative estimate of drug-likeness (QED) is 0.551. The maximum atomic E-state index is 11.2. The summed E-state index contributed by atoms with van der Waals surface area (Å²) in [6.07, 6.45) is 0.587. The number of rotatable bonds is 9. The minimum atomic E-state index is -0.858. The molecule has 0 heterocycles. The molecule has 0 bridgehead atoms. The van der Waals surface area contributed by atoms with Gasteiger partial charge in [0.2, 0.25) is 0 Å². The van der Waals surface area contributed by atoms with Crippen LogP contribution in [0.15, 0.2) is 0 Å². The van der Waals surface area contributed by atoms with E-state index in [4.69, 9.17) is 5.11 Å². The average molecular weight is 263 g/mol. The van der Waals surface area contributed by atoms with E-state index in [9.17, 15) is 9.90 Å². The third-order valence-electron chi connectivity index (χ3n) is 2.54. The normalized spacial score (nSPS) is 16.8. The first-order chi connectivity index (χ1) is 7.81. The Bertz CT molecular complexity index is 236. The molecule has 0 radical (unpaired) electrons. The number of thioether (sulfide) groups is 1. The van der Waals surface area contributed by atoms with Crippen molar-refractivity contribution in [1.29, 1.82) is 0 Å². The van der Waals surface area contributed by atoms with Crippen LogP contribution in [-0.4, -0.2) is 45.9 Å². The monoisotopic (exact) mass is 263 g/mol. The molecule has 0 aromatic rings. The highest BCUT2D eigenvalue weighted by Crippen LogP contribution is 2.17. The Labute approximate surface area is 108 Å². The molecule has 0 saturated heterocycles. The van der Waals surface area contributed by atoms with Crippen molar-refractivity contribution in [3.63, 3.8) is 0 Å². The number of nitrogens with one attached hydrogen (secondary N) is 1. The van der Waals surface area contributed by atoms with Gasteiger partial charge in [0.25, 0.3) is 0 Å². The first kappa shape index (κ1) is 16.7. The van der Waals surface area contributed by atoms with Crippen LogP contribution in [0.25, 0.3) is 0 Å². The van der Waals surface area contributed by atoms with Gasteiger partial charge in [0, 0.05) is 12.6 Å². The third-order valence-corrected chi connectivity index (χ3v) is 3.84. The van der Waals surface area contributed by atoms with Crippen molar-refractivity contribution in [3.05, 3.63) is 0 Å². The van der Waals surface area contributed by atoms with Gasteiger partial charge in [-0.3, -0.25) is 10.1 Å². The van der Waals surface area contributed by atoms with Crippen molar-refractivity contribution in [1.82, 2.24) is 5.32 Å². The number of carboxylic acids is 1. The zero-order chi connectivity index (χ0) is 13.5. The second kappa shape index (κ2) is 7.95. The van der Waals surface area contributed by atoms with Crippen molar-refractivity contribution < 1.29 is 15.0 Å². The first-order valence-electron chi connectivity index (χ1n) is 6.01. The number of aliphatic hydroxyl groups excluding tert-OH is 1. The minimum Gasteiger partial charge on any atom is -0.480 e. The van der Waals surface area contributed by atoms with E-state index in [2.05, 4.69) is 5.32 Å². The number of aliphatic carboxylic acids is 1. The van der Waals surface area contributed by atoms with Gasteiger partial charge < -0.3 is 10.2 Å². The zero-order valence-corrected chi connectivity index (χ0v) is 12.0. The molecule has 0 aliphatic carbocycles. The number of hydrogen-bond acceptors (Lipinski definition) is 4. The van der Waals surface area contributed by atoms with E-state index in [-0.39, 0.29) is 18.6 Å². The maximum Gasteiger partial charge on any atom is 0.323 e. The van der Waals surface area contributed by atoms with Gasteiger partial charge in [-0.25, -0.2) is 0 Å². The number of carbonyl (C=O) groups is 1. The van der Waals surface area contributed by atoms with Gasteiger partial charge in [0.15, 0.2) is 0 Å². The minimum absolute atomic E-state index is 0.150. The van der Waals surface area contributed by atoms with Gasteiger partial charge in [-0.2, -0.15) is 11.8 Å². The fourth-order valence-electron chi connectivity index (χ4n) is 1.49. The van der Waals surface area contributed by atoms with Crippen LogP contribution in [0.2, 0.25) is 0 Å². The van der Waals surface area contributed by atoms with Gasteiger partial charge in [-0.05, 0) is 44.6 Å². The lowest BCUT2D eigenvalue weighted by atomic mass is 9.98. The van der Waals surface area contributed by atoms with Crippen molar-refractivity contribution in [3.8, 4) is 0 Å². The standard InChI is InChI=1S/C12H25NO3S/c1-9(2)13-12(4,11(15)16)5-6-17-8-10(3)7-14/h9-10,13-14H,5-8H2,1-4H3,(H,15,16). The number of hydrogen-bond donors (Lipinski definition) is 3. The van der Waals surface area contributed by atoms with Crippen LogP contribution in [-0.2, 0) is 4.79 Å². The molecule has 2 atom stereocenters. The summed E-state index contributed by atoms with van der Waals surface area (Å²) in [4.78, 5) is 11.2. The summed E-state index contributed by atoms with van der Waals surface area (Å²) in [5.41, 5.74) is -0.858. The van der Waals surface area contributed by atoms with Gasteiger partial charge in [-0.15, -0.1) is 0 Å². The van der Waals surface area contributed by atoms with E-state index in [1.54, 1.807) is 18.7 Å². The summed E-state index contributed by atoms with van der Waals surface area (Å²) >= 11 is 1.69. The summed E-state index contributed by atoms with van der Waals surface area (Å²) in [5, 5.41) is 21.2. The SMILES string of the molecule is CC(CO)CSCCC(C)(NC(C)C)C(=O)O. The zero-order valence-electron chi connectivity index (χ0n) is 11.2. The average Bonchev–Trinajstić information content (AvgIpc) is 2.22. The Morgan fingerprint density at radius 2 is 2.00 bits per heavy atom. The smallest absolute Gasteiger partial charge is 0.323 e. The van der Waals surface area contributed by atoms with Crippen LogP contribution in [0.5, 0.6) is 0 Å². The highest BCUT2D eigenvalue weighted by molar-refractivity contribution is 7.99. The van der Waals surface area contributed by atoms with Crippen molar-refractivity contribution >= 4 is 17.7 Å². The summed E-state index contributed by atoms with van der Waals surface area (Å²) in [7, 11) is 0. The summed E-state index contributed by atoms with van der Waals surface area (Å²) in [5.74, 6) is 1.12. The van der Waals surface area contributed by atoms with E-state index in [1.165, 1.54) is 0 Å². The molecule has 17 heavy (non-hydrogen) atoms. The molecule has 3 N–H and O–H groups in total. The molecule has 0 rings (SSSR count). The van der Waals surface area contributed by atoms with E-state index in [1.807, 2.05) is 20.8 Å². The molecule has 0 spiro atoms. The summed E-state index contributed by atoms with van der Waals surface area (Å²) in [6.45, 7) is 7.79. The highest BCUT2D eigenvalue weighted by atomic mass is 32.2. The molecule has 2 unspecified atom stereocenters. The van der Waals surface area contributed by atoms with Gasteiger partial charge in [0.1, 0.15) is 5.54 Å². The summed E-state index contributed by atoms with van der Waals surface area (Å²) in [6, 6.07) is 0.150. The molecule has 0 aliphatic rings. The van der Waals surface area contributed by atoms with Crippen molar-refractivity contribution in [2.24, 2.45) is 5.92 Å². The van der Waals surface area contributed by atoms with Gasteiger partial charge >= 0.3 is 5.97 Å². The Morgan fingerprint density at radius 1 is 1.41 bits per heavy atom. The first-order valence-corrected chi connectivity index (χ1v) is 7.17. The van der Waals surface area contributed by atoms with E-state index < -0.39 is 11.5 Å². The predicted octanol–water partition coefficient (Wildman–Crippen LogP) is 1.58. The Morgan fingerprint density at radius 3 is 2.41 bits per heavy atom. The fraction of sp³-hybridized carbons (Fsp3) is 0.917. The molecule has 0 aromatic heterocycles. The molecule has 0 fully saturated rings. The lowest BCUT2D eigenvalue weighted by Crippen LogP contribution is -2.52. The molecule has 5 heteroatoms. The molecular weight excluding hydrogens is 238 g/mol. The lowest BCUT2D eigenvalue weighted by molar-refractivity contribution is -0.144. The fourth-order valence-corrected chi connectivity index (χ4v) is 2.72. The van der Waals surface area contributed by atoms with Gasteiger partial charge in [-0.1, -0.05) is 6.92 Å². The lowest BCUT2D eigenvalue weighted by Gasteiger charge is -2.28. The van der Waals surface area contributed by atoms with Crippen LogP contribution < -0.4 is 5.32 Å². The van der Waals surface area contributed by atoms with Crippen LogP contribution in [0.4, 0.5) is 0 Å². The van der Waals surface area contributed by atoms with Crippen LogP contribution in [0.3, 0.4) is 0 Å². The maximum absolute atomic E-state index is 11.2. The number of carboxylic acid groups (broad SMARTS) is 1. The highest BCUT2D eigenvalue weighted by Gasteiger charge is 2.32. The molecule has 0 aromatic carbocycles. The Hall–Kier alpha value is -0.260. The molecule has 0 saturated carbocycles. The molecule has 0 amide bonds. The van der Waals surface area contributed by atoms with Crippen molar-refractivity contribution in [2.45, 2.75) is 45.7 Å². The molecule has 0 aliphatic heterocycles. The van der Waals surface area contributed by atoms with Crippen LogP contribution in [0.1, 0.15) is 34.1 Å². The second-order valence-corrected chi connectivity index (χ2v) is 6.20. The molecule has 4 nitrogen and oxygen atoms in total. The topological polar surface area (TPSA) is 69.6 Å². The van der Waals surface area contributed by atoms with E-state index in [0.29, 0.717) is 6.42 Å². The third kappa shape index (κ3) is 6.91. The van der Waals surface area contributed by atoms with Crippen molar-refractivity contribution in [2.75, 3.05) is 18.1 Å². The predicted molar refractivity (Wildman–Crippen MR) is 72.5 cm³/mol. The summed E-state index contributed by atoms with van der Waals surface area (Å²) < 4.78 is 0. The molecular formula is C12H25NO3S. The van der Waals surface area contributed by atoms with Crippen LogP contribution in [0, 0.1) is 5.92 Å². The van der Waals surface area contributed by atoms with E-state index >= 15 is 0 Å². The second-order valence-electron chi connectivity index (χ2n) is 5.05. The Balaban J connectivity index is 4.06. The Kier molecular flexibility index (Phi) is 7.83. The van der Waals surface area contributed by atoms with Gasteiger partial charge in [0.05, 0.1) is 0 Å².